The number of halogens is 3. The Morgan fingerprint density at radius 1 is 1.18 bits per heavy atom. The highest BCUT2D eigenvalue weighted by Gasteiger charge is 2.34. The lowest BCUT2D eigenvalue weighted by Gasteiger charge is -2.29. The number of para-hydroxylation sites is 1. The van der Waals surface area contributed by atoms with Crippen molar-refractivity contribution in [1.29, 1.82) is 5.26 Å². The molecule has 4 rings (SSSR count). The topological polar surface area (TPSA) is 123 Å². The molecule has 1 fully saturated rings. The van der Waals surface area contributed by atoms with E-state index in [0.717, 1.165) is 18.9 Å². The van der Waals surface area contributed by atoms with Crippen LogP contribution in [0.25, 0.3) is 11.3 Å². The zero-order valence-corrected chi connectivity index (χ0v) is 17.9. The van der Waals surface area contributed by atoms with Crippen LogP contribution in [0, 0.1) is 11.5 Å². The van der Waals surface area contributed by atoms with Gasteiger partial charge in [-0.15, -0.1) is 0 Å². The maximum absolute atomic E-state index is 13.2. The van der Waals surface area contributed by atoms with Crippen molar-refractivity contribution in [2.45, 2.75) is 25.1 Å². The van der Waals surface area contributed by atoms with Gasteiger partial charge in [0.15, 0.2) is 6.19 Å². The summed E-state index contributed by atoms with van der Waals surface area (Å²) in [7, 11) is 0. The van der Waals surface area contributed by atoms with E-state index in [2.05, 4.69) is 11.3 Å². The summed E-state index contributed by atoms with van der Waals surface area (Å²) in [4.78, 5) is 13.8. The van der Waals surface area contributed by atoms with E-state index < -0.39 is 17.6 Å². The lowest BCUT2D eigenvalue weighted by atomic mass is 10.1. The van der Waals surface area contributed by atoms with Crippen LogP contribution in [-0.4, -0.2) is 33.7 Å². The van der Waals surface area contributed by atoms with Crippen LogP contribution in [0.4, 0.5) is 19.0 Å². The van der Waals surface area contributed by atoms with Gasteiger partial charge in [-0.3, -0.25) is 4.79 Å². The fraction of sp³-hybridized carbons (Fsp3) is 0.261. The van der Waals surface area contributed by atoms with Crippen molar-refractivity contribution in [3.8, 4) is 28.9 Å². The van der Waals surface area contributed by atoms with Crippen molar-refractivity contribution >= 4 is 11.7 Å². The van der Waals surface area contributed by atoms with Crippen LogP contribution in [0.2, 0.25) is 0 Å². The fourth-order valence-corrected chi connectivity index (χ4v) is 4.01. The number of benzene rings is 2. The SMILES string of the molecule is N#CN1CCCC(n2nc(-c3ccc(Oc4ccccc4C(F)(F)F)cc3)c(C(N)=O)c2N)C1. The van der Waals surface area contributed by atoms with Crippen LogP contribution in [0.3, 0.4) is 0 Å². The molecule has 34 heavy (non-hydrogen) atoms. The number of amides is 1. The lowest BCUT2D eigenvalue weighted by Crippen LogP contribution is -2.34. The molecular weight excluding hydrogens is 449 g/mol. The highest BCUT2D eigenvalue weighted by Crippen LogP contribution is 2.38. The summed E-state index contributed by atoms with van der Waals surface area (Å²) in [5.41, 5.74) is 11.7. The average Bonchev–Trinajstić information content (AvgIpc) is 3.16. The first kappa shape index (κ1) is 23.0. The number of aromatic nitrogens is 2. The predicted octanol–water partition coefficient (Wildman–Crippen LogP) is 4.16. The highest BCUT2D eigenvalue weighted by molar-refractivity contribution is 6.03. The first-order chi connectivity index (χ1) is 16.2. The third-order valence-corrected chi connectivity index (χ3v) is 5.63. The minimum Gasteiger partial charge on any atom is -0.457 e. The number of carbonyl (C=O) groups excluding carboxylic acids is 1. The maximum Gasteiger partial charge on any atom is 0.419 e. The van der Waals surface area contributed by atoms with Gasteiger partial charge < -0.3 is 21.1 Å². The molecule has 4 N–H and O–H groups in total. The van der Waals surface area contributed by atoms with Gasteiger partial charge in [-0.1, -0.05) is 12.1 Å². The van der Waals surface area contributed by atoms with Crippen LogP contribution < -0.4 is 16.2 Å². The van der Waals surface area contributed by atoms with Gasteiger partial charge in [0.25, 0.3) is 5.91 Å². The number of hydrogen-bond acceptors (Lipinski definition) is 6. The molecule has 0 radical (unpaired) electrons. The Kier molecular flexibility index (Phi) is 6.06. The number of carbonyl (C=O) groups is 1. The normalized spacial score (nSPS) is 16.2. The molecule has 1 aliphatic heterocycles. The van der Waals surface area contributed by atoms with E-state index in [9.17, 15) is 23.2 Å². The molecule has 0 saturated carbocycles. The van der Waals surface area contributed by atoms with Crippen LogP contribution >= 0.6 is 0 Å². The van der Waals surface area contributed by atoms with E-state index in [1.54, 1.807) is 17.0 Å². The summed E-state index contributed by atoms with van der Waals surface area (Å²) in [5.74, 6) is -0.809. The number of rotatable bonds is 5. The van der Waals surface area contributed by atoms with Gasteiger partial charge in [-0.2, -0.15) is 23.5 Å². The number of ether oxygens (including phenoxy) is 1. The van der Waals surface area contributed by atoms with Gasteiger partial charge >= 0.3 is 6.18 Å². The third-order valence-electron chi connectivity index (χ3n) is 5.63. The van der Waals surface area contributed by atoms with E-state index in [1.807, 2.05) is 0 Å². The van der Waals surface area contributed by atoms with E-state index in [4.69, 9.17) is 16.2 Å². The number of nitriles is 1. The average molecular weight is 470 g/mol. The molecule has 1 amide bonds. The number of hydrogen-bond donors (Lipinski definition) is 2. The van der Waals surface area contributed by atoms with Crippen LogP contribution in [0.5, 0.6) is 11.5 Å². The van der Waals surface area contributed by atoms with Gasteiger partial charge in [-0.05, 0) is 49.2 Å². The lowest BCUT2D eigenvalue weighted by molar-refractivity contribution is -0.138. The summed E-state index contributed by atoms with van der Waals surface area (Å²) in [6, 6.07) is 10.8. The monoisotopic (exact) mass is 470 g/mol. The van der Waals surface area contributed by atoms with E-state index in [-0.39, 0.29) is 34.6 Å². The van der Waals surface area contributed by atoms with Gasteiger partial charge in [-0.25, -0.2) is 4.68 Å². The molecule has 2 heterocycles. The van der Waals surface area contributed by atoms with Crippen LogP contribution in [0.1, 0.15) is 34.8 Å². The van der Waals surface area contributed by atoms with Crippen molar-refractivity contribution in [3.05, 3.63) is 59.7 Å². The second kappa shape index (κ2) is 8.97. The van der Waals surface area contributed by atoms with E-state index in [0.29, 0.717) is 18.7 Å². The van der Waals surface area contributed by atoms with Gasteiger partial charge in [0, 0.05) is 12.1 Å². The molecule has 0 spiro atoms. The number of nitrogens with two attached hydrogens (primary N) is 2. The van der Waals surface area contributed by atoms with Crippen LogP contribution in [0.15, 0.2) is 48.5 Å². The number of primary amides is 1. The zero-order chi connectivity index (χ0) is 24.5. The summed E-state index contributed by atoms with van der Waals surface area (Å²) in [5, 5.41) is 13.7. The maximum atomic E-state index is 13.2. The highest BCUT2D eigenvalue weighted by atomic mass is 19.4. The summed E-state index contributed by atoms with van der Waals surface area (Å²) < 4.78 is 46.7. The Hall–Kier alpha value is -4.20. The number of alkyl halides is 3. The summed E-state index contributed by atoms with van der Waals surface area (Å²) >= 11 is 0. The molecule has 1 aromatic heterocycles. The molecule has 2 aromatic carbocycles. The molecule has 1 atom stereocenters. The number of likely N-dealkylation sites (tertiary alicyclic amines) is 1. The molecule has 1 aliphatic rings. The molecular formula is C23H21F3N6O2. The first-order valence-corrected chi connectivity index (χ1v) is 10.5. The Morgan fingerprint density at radius 3 is 2.53 bits per heavy atom. The van der Waals surface area contributed by atoms with Crippen molar-refractivity contribution in [1.82, 2.24) is 14.7 Å². The van der Waals surface area contributed by atoms with Crippen LogP contribution in [-0.2, 0) is 6.18 Å². The minimum atomic E-state index is -4.56. The molecule has 11 heteroatoms. The van der Waals surface area contributed by atoms with E-state index >= 15 is 0 Å². The summed E-state index contributed by atoms with van der Waals surface area (Å²) in [6.07, 6.45) is -0.947. The zero-order valence-electron chi connectivity index (χ0n) is 17.9. The molecule has 3 aromatic rings. The molecule has 0 aliphatic carbocycles. The van der Waals surface area contributed by atoms with Crippen molar-refractivity contribution in [3.63, 3.8) is 0 Å². The van der Waals surface area contributed by atoms with E-state index in [1.165, 1.54) is 35.0 Å². The quantitative estimate of drug-likeness (QED) is 0.540. The number of nitrogen functional groups attached to an aromatic ring is 1. The van der Waals surface area contributed by atoms with Crippen molar-refractivity contribution in [2.75, 3.05) is 18.8 Å². The fourth-order valence-electron chi connectivity index (χ4n) is 4.01. The summed E-state index contributed by atoms with van der Waals surface area (Å²) in [6.45, 7) is 1.05. The van der Waals surface area contributed by atoms with Gasteiger partial charge in [0.2, 0.25) is 0 Å². The van der Waals surface area contributed by atoms with Gasteiger partial charge in [0.05, 0.1) is 18.2 Å². The molecule has 1 unspecified atom stereocenters. The first-order valence-electron chi connectivity index (χ1n) is 10.5. The Bertz CT molecular complexity index is 1250. The molecule has 176 valence electrons. The van der Waals surface area contributed by atoms with Crippen molar-refractivity contribution < 1.29 is 22.7 Å². The second-order valence-corrected chi connectivity index (χ2v) is 7.88. The number of anilines is 1. The minimum absolute atomic E-state index is 0.0465. The number of piperidine rings is 1. The third kappa shape index (κ3) is 4.47. The molecule has 0 bridgehead atoms. The number of nitrogens with zero attached hydrogens (tertiary/aromatic N) is 4. The Labute approximate surface area is 193 Å². The molecule has 8 nitrogen and oxygen atoms in total. The standard InChI is InChI=1S/C23H21F3N6O2/c24-23(25,26)17-5-1-2-6-18(17)34-16-9-7-14(8-10-16)20-19(22(29)33)21(28)32(30-20)15-4-3-11-31(12-15)13-27/h1-2,5-10,15H,3-4,11-12,28H2,(H2,29,33). The largest absolute Gasteiger partial charge is 0.457 e. The Morgan fingerprint density at radius 2 is 1.88 bits per heavy atom. The Balaban J connectivity index is 1.65. The molecule has 1 saturated heterocycles. The second-order valence-electron chi connectivity index (χ2n) is 7.88. The predicted molar refractivity (Wildman–Crippen MR) is 118 cm³/mol. The van der Waals surface area contributed by atoms with Gasteiger partial charge in [0.1, 0.15) is 28.6 Å². The smallest absolute Gasteiger partial charge is 0.419 e. The van der Waals surface area contributed by atoms with Crippen molar-refractivity contribution in [2.24, 2.45) is 5.73 Å².